The molecule has 0 N–H and O–H groups in total. The Morgan fingerprint density at radius 2 is 0.864 bits per heavy atom. The third kappa shape index (κ3) is 5.92. The van der Waals surface area contributed by atoms with Crippen LogP contribution in [0.1, 0.15) is 11.1 Å². The zero-order valence-corrected chi connectivity index (χ0v) is 26.1. The molecule has 0 aliphatic carbocycles. The summed E-state index contributed by atoms with van der Waals surface area (Å²) >= 11 is 0. The van der Waals surface area contributed by atoms with Gasteiger partial charge in [-0.1, -0.05) is 48.5 Å². The van der Waals surface area contributed by atoms with Gasteiger partial charge in [0.05, 0.1) is 22.7 Å². The number of benzene rings is 6. The SMILES string of the molecule is Cc1ccc2cc(-c3ccc4ccc(C)c(N=Nc5ccc(N(C)C)cc5)c4c3)ccc2c1N=Nc1ccc(N(C)C)cc1. The van der Waals surface area contributed by atoms with Gasteiger partial charge in [0.25, 0.3) is 0 Å². The smallest absolute Gasteiger partial charge is 0.0964 e. The van der Waals surface area contributed by atoms with Crippen LogP contribution >= 0.6 is 0 Å². The first-order valence-corrected chi connectivity index (χ1v) is 14.7. The quantitative estimate of drug-likeness (QED) is 0.177. The zero-order valence-electron chi connectivity index (χ0n) is 26.1. The molecule has 0 saturated carbocycles. The second-order valence-electron chi connectivity index (χ2n) is 11.6. The van der Waals surface area contributed by atoms with Crippen molar-refractivity contribution in [2.45, 2.75) is 13.8 Å². The Labute approximate surface area is 259 Å². The van der Waals surface area contributed by atoms with Crippen molar-refractivity contribution in [3.05, 3.63) is 120 Å². The van der Waals surface area contributed by atoms with E-state index in [-0.39, 0.29) is 0 Å². The van der Waals surface area contributed by atoms with Crippen LogP contribution in [0.15, 0.2) is 130 Å². The van der Waals surface area contributed by atoms with Gasteiger partial charge in [0, 0.05) is 50.3 Å². The lowest BCUT2D eigenvalue weighted by atomic mass is 9.96. The fourth-order valence-electron chi connectivity index (χ4n) is 5.31. The summed E-state index contributed by atoms with van der Waals surface area (Å²) in [5, 5.41) is 23.0. The summed E-state index contributed by atoms with van der Waals surface area (Å²) in [5.74, 6) is 0. The Balaban J connectivity index is 1.34. The van der Waals surface area contributed by atoms with Gasteiger partial charge < -0.3 is 9.80 Å². The van der Waals surface area contributed by atoms with E-state index in [1.54, 1.807) is 0 Å². The van der Waals surface area contributed by atoms with Crippen LogP contribution in [0, 0.1) is 13.8 Å². The summed E-state index contributed by atoms with van der Waals surface area (Å²) in [4.78, 5) is 4.14. The summed E-state index contributed by atoms with van der Waals surface area (Å²) in [6.07, 6.45) is 0. The molecule has 0 bridgehead atoms. The Hall–Kier alpha value is -5.36. The largest absolute Gasteiger partial charge is 0.378 e. The molecule has 6 aromatic carbocycles. The molecule has 0 unspecified atom stereocenters. The monoisotopic (exact) mass is 576 g/mol. The highest BCUT2D eigenvalue weighted by molar-refractivity contribution is 5.99. The van der Waals surface area contributed by atoms with E-state index >= 15 is 0 Å². The van der Waals surface area contributed by atoms with Gasteiger partial charge in [0.2, 0.25) is 0 Å². The number of fused-ring (bicyclic) bond motifs is 2. The summed E-state index contributed by atoms with van der Waals surface area (Å²) in [6, 6.07) is 37.8. The molecule has 0 heterocycles. The minimum Gasteiger partial charge on any atom is -0.378 e. The lowest BCUT2D eigenvalue weighted by molar-refractivity contribution is 1.13. The zero-order chi connectivity index (χ0) is 30.8. The van der Waals surface area contributed by atoms with Crippen LogP contribution in [-0.4, -0.2) is 28.2 Å². The highest BCUT2D eigenvalue weighted by Crippen LogP contribution is 2.37. The van der Waals surface area contributed by atoms with Crippen molar-refractivity contribution in [3.8, 4) is 11.1 Å². The number of hydrogen-bond donors (Lipinski definition) is 0. The van der Waals surface area contributed by atoms with Crippen molar-refractivity contribution in [3.63, 3.8) is 0 Å². The first kappa shape index (κ1) is 28.7. The van der Waals surface area contributed by atoms with E-state index in [1.165, 1.54) is 0 Å². The van der Waals surface area contributed by atoms with Crippen LogP contribution in [-0.2, 0) is 0 Å². The predicted octanol–water partition coefficient (Wildman–Crippen LogP) is 11.2. The number of azo groups is 2. The van der Waals surface area contributed by atoms with E-state index < -0.39 is 0 Å². The summed E-state index contributed by atoms with van der Waals surface area (Å²) < 4.78 is 0. The van der Waals surface area contributed by atoms with Crippen molar-refractivity contribution in [2.75, 3.05) is 38.0 Å². The second-order valence-corrected chi connectivity index (χ2v) is 11.6. The van der Waals surface area contributed by atoms with Gasteiger partial charge in [0.1, 0.15) is 0 Å². The van der Waals surface area contributed by atoms with Gasteiger partial charge in [-0.25, -0.2) is 0 Å². The van der Waals surface area contributed by atoms with E-state index in [9.17, 15) is 0 Å². The molecule has 6 aromatic rings. The van der Waals surface area contributed by atoms with Gasteiger partial charge >= 0.3 is 0 Å². The highest BCUT2D eigenvalue weighted by Gasteiger charge is 2.10. The van der Waals surface area contributed by atoms with Gasteiger partial charge in [-0.3, -0.25) is 0 Å². The number of nitrogens with zero attached hydrogens (tertiary/aromatic N) is 6. The fraction of sp³-hybridized carbons (Fsp3) is 0.158. The molecule has 44 heavy (non-hydrogen) atoms. The van der Waals surface area contributed by atoms with E-state index in [1.807, 2.05) is 52.5 Å². The van der Waals surface area contributed by atoms with Crippen LogP contribution < -0.4 is 9.80 Å². The van der Waals surface area contributed by atoms with E-state index in [0.29, 0.717) is 0 Å². The van der Waals surface area contributed by atoms with Crippen LogP contribution in [0.5, 0.6) is 0 Å². The molecule has 6 heteroatoms. The lowest BCUT2D eigenvalue weighted by Crippen LogP contribution is -2.07. The van der Waals surface area contributed by atoms with Crippen LogP contribution in [0.2, 0.25) is 0 Å². The molecule has 0 radical (unpaired) electrons. The Morgan fingerprint density at radius 3 is 1.41 bits per heavy atom. The van der Waals surface area contributed by atoms with Crippen LogP contribution in [0.4, 0.5) is 34.1 Å². The minimum atomic E-state index is 0.825. The molecule has 6 nitrogen and oxygen atoms in total. The molecule has 0 aliphatic heterocycles. The average molecular weight is 577 g/mol. The summed E-state index contributed by atoms with van der Waals surface area (Å²) in [7, 11) is 8.11. The van der Waals surface area contributed by atoms with Crippen molar-refractivity contribution in [1.82, 2.24) is 0 Å². The Kier molecular flexibility index (Phi) is 7.90. The number of rotatable bonds is 7. The van der Waals surface area contributed by atoms with E-state index in [4.69, 9.17) is 5.11 Å². The van der Waals surface area contributed by atoms with Gasteiger partial charge in [-0.05, 0) is 108 Å². The van der Waals surface area contributed by atoms with E-state index in [2.05, 4.69) is 124 Å². The molecule has 0 saturated heterocycles. The van der Waals surface area contributed by atoms with Crippen molar-refractivity contribution in [2.24, 2.45) is 20.5 Å². The molecular formula is C38H36N6. The molecular weight excluding hydrogens is 540 g/mol. The number of aryl methyl sites for hydroxylation is 2. The molecule has 0 spiro atoms. The van der Waals surface area contributed by atoms with Crippen molar-refractivity contribution < 1.29 is 0 Å². The highest BCUT2D eigenvalue weighted by atomic mass is 15.1. The number of anilines is 2. The molecule has 6 rings (SSSR count). The minimum absolute atomic E-state index is 0.825. The third-order valence-corrected chi connectivity index (χ3v) is 7.98. The molecule has 0 amide bonds. The molecule has 0 fully saturated rings. The van der Waals surface area contributed by atoms with Crippen molar-refractivity contribution >= 4 is 55.7 Å². The van der Waals surface area contributed by atoms with Crippen molar-refractivity contribution in [1.29, 1.82) is 0 Å². The fourth-order valence-corrected chi connectivity index (χ4v) is 5.31. The Morgan fingerprint density at radius 1 is 0.409 bits per heavy atom. The van der Waals surface area contributed by atoms with Crippen LogP contribution in [0.3, 0.4) is 0 Å². The predicted molar refractivity (Wildman–Crippen MR) is 186 cm³/mol. The van der Waals surface area contributed by atoms with E-state index in [0.717, 1.165) is 77.9 Å². The first-order valence-electron chi connectivity index (χ1n) is 14.7. The average Bonchev–Trinajstić information content (AvgIpc) is 3.03. The third-order valence-electron chi connectivity index (χ3n) is 7.98. The normalized spacial score (nSPS) is 11.7. The van der Waals surface area contributed by atoms with Gasteiger partial charge in [-0.2, -0.15) is 10.2 Å². The van der Waals surface area contributed by atoms with Gasteiger partial charge in [-0.15, -0.1) is 10.2 Å². The summed E-state index contributed by atoms with van der Waals surface area (Å²) in [6.45, 7) is 4.16. The standard InChI is InChI=1S/C38H36N6/c1-25-8-10-30-23-28(13-22-35(30)37(25)41-39-31-14-18-33(19-15-31)43(3)4)29-12-11-27-9-7-26(2)38(36(27)24-29)42-40-32-16-20-34(21-17-32)44(5)6/h7-24H,1-6H3. The summed E-state index contributed by atoms with van der Waals surface area (Å²) in [5.41, 5.74) is 10.1. The maximum absolute atomic E-state index is 4.73. The molecule has 218 valence electrons. The molecule has 0 aromatic heterocycles. The first-order chi connectivity index (χ1) is 21.3. The molecule has 0 aliphatic rings. The number of hydrogen-bond acceptors (Lipinski definition) is 6. The second kappa shape index (κ2) is 12.1. The maximum Gasteiger partial charge on any atom is 0.0964 e. The Bertz CT molecular complexity index is 2020. The van der Waals surface area contributed by atoms with Gasteiger partial charge in [0.15, 0.2) is 0 Å². The lowest BCUT2D eigenvalue weighted by Gasteiger charge is -2.12. The molecule has 0 atom stereocenters. The maximum atomic E-state index is 4.73. The van der Waals surface area contributed by atoms with Crippen LogP contribution in [0.25, 0.3) is 32.7 Å². The topological polar surface area (TPSA) is 55.9 Å².